The normalized spacial score (nSPS) is 13.8. The largest absolute Gasteiger partial charge is 0.317 e. The summed E-state index contributed by atoms with van der Waals surface area (Å²) in [5.41, 5.74) is 1.88. The van der Waals surface area contributed by atoms with Crippen LogP contribution in [0.25, 0.3) is 43.4 Å². The molecule has 0 saturated heterocycles. The first-order chi connectivity index (χ1) is 27.1. The van der Waals surface area contributed by atoms with Crippen molar-refractivity contribution in [2.75, 3.05) is 32.4 Å². The number of nitro groups is 2. The molecule has 4 amide bonds. The Bertz CT molecular complexity index is 2680. The number of aromatic nitrogens is 2. The number of imide groups is 2. The van der Waals surface area contributed by atoms with Crippen LogP contribution in [-0.2, 0) is 10.1 Å². The fourth-order valence-corrected chi connectivity index (χ4v) is 7.22. The Kier molecular flexibility index (Phi) is 10.1. The number of benzene rings is 4. The smallest absolute Gasteiger partial charge is 0.288 e. The van der Waals surface area contributed by atoms with Gasteiger partial charge in [-0.15, -0.1) is 0 Å². The minimum Gasteiger partial charge on any atom is -0.317 e. The van der Waals surface area contributed by atoms with Gasteiger partial charge >= 0.3 is 0 Å². The van der Waals surface area contributed by atoms with Crippen LogP contribution in [0, 0.1) is 20.2 Å². The Morgan fingerprint density at radius 2 is 1.05 bits per heavy atom. The molecule has 0 radical (unpaired) electrons. The van der Waals surface area contributed by atoms with Crippen molar-refractivity contribution in [3.63, 3.8) is 0 Å². The van der Waals surface area contributed by atoms with Gasteiger partial charge in [-0.2, -0.15) is 8.42 Å². The quantitative estimate of drug-likeness (QED) is 0.0434. The Hall–Kier alpha value is -6.83. The van der Waals surface area contributed by atoms with Crippen molar-refractivity contribution in [3.05, 3.63) is 116 Å². The van der Waals surface area contributed by atoms with Crippen molar-refractivity contribution in [1.29, 1.82) is 0 Å². The van der Waals surface area contributed by atoms with E-state index in [1.807, 2.05) is 0 Å². The molecule has 2 N–H and O–H groups in total. The fraction of sp³-hybridized carbons (Fsp3) is 0.211. The van der Waals surface area contributed by atoms with Crippen LogP contribution in [0.3, 0.4) is 0 Å². The summed E-state index contributed by atoms with van der Waals surface area (Å²) in [5, 5.41) is 29.0. The van der Waals surface area contributed by atoms with Gasteiger partial charge in [-0.05, 0) is 56.6 Å². The summed E-state index contributed by atoms with van der Waals surface area (Å²) < 4.78 is 25.9. The number of pyridine rings is 2. The van der Waals surface area contributed by atoms with Gasteiger partial charge in [0.1, 0.15) is 12.4 Å². The standard InChI is InChI=1S/C37H27N7O8.CH4O3S/c45-34-26-8-3-6-24-30(26)28(16-20-14-22(43(49)50)18-39-32(20)24)36(47)41(34)12-2-1-10-38-11-5-13-42-35(46)27-9-4-7-25-31(27)29(37(42)48)17-21-15-23(44(51)52)19-40-33(21)25;1-5(2,3)4/h3-4,6-9,14-19,38H,1-2,5,10-13H2;1H3,(H,2,3,4). The molecule has 0 saturated carbocycles. The van der Waals surface area contributed by atoms with Crippen LogP contribution in [0.5, 0.6) is 0 Å². The van der Waals surface area contributed by atoms with Gasteiger partial charge < -0.3 is 5.32 Å². The zero-order valence-electron chi connectivity index (χ0n) is 30.0. The maximum absolute atomic E-state index is 13.6. The molecule has 2 aliphatic heterocycles. The average molecular weight is 794 g/mol. The number of rotatable bonds is 11. The molecule has 0 bridgehead atoms. The zero-order chi connectivity index (χ0) is 40.8. The molecular weight excluding hydrogens is 763 g/mol. The predicted molar refractivity (Wildman–Crippen MR) is 207 cm³/mol. The Balaban J connectivity index is 0.000000935. The van der Waals surface area contributed by atoms with Crippen LogP contribution in [0.2, 0.25) is 0 Å². The third-order valence-electron chi connectivity index (χ3n) is 9.63. The molecular formula is C38H31N7O11S. The minimum absolute atomic E-state index is 0.154. The molecule has 0 aliphatic carbocycles. The topological polar surface area (TPSA) is 253 Å². The number of nitrogens with one attached hydrogen (secondary N) is 1. The van der Waals surface area contributed by atoms with Crippen LogP contribution in [0.4, 0.5) is 11.4 Å². The average Bonchev–Trinajstić information content (AvgIpc) is 3.17. The van der Waals surface area contributed by atoms with Crippen molar-refractivity contribution in [2.45, 2.75) is 19.3 Å². The first-order valence-electron chi connectivity index (χ1n) is 17.5. The highest BCUT2D eigenvalue weighted by Gasteiger charge is 2.35. The van der Waals surface area contributed by atoms with E-state index < -0.39 is 43.6 Å². The summed E-state index contributed by atoms with van der Waals surface area (Å²) >= 11 is 0. The molecule has 0 unspecified atom stereocenters. The number of fused-ring (bicyclic) bond motifs is 4. The van der Waals surface area contributed by atoms with E-state index in [4.69, 9.17) is 4.55 Å². The first-order valence-corrected chi connectivity index (χ1v) is 19.3. The molecule has 0 fully saturated rings. The van der Waals surface area contributed by atoms with Crippen LogP contribution >= 0.6 is 0 Å². The maximum Gasteiger partial charge on any atom is 0.288 e. The van der Waals surface area contributed by atoms with Gasteiger partial charge in [0.2, 0.25) is 0 Å². The molecule has 18 nitrogen and oxygen atoms in total. The number of amides is 4. The summed E-state index contributed by atoms with van der Waals surface area (Å²) in [4.78, 5) is 86.5. The van der Waals surface area contributed by atoms with E-state index in [2.05, 4.69) is 15.3 Å². The first kappa shape index (κ1) is 38.4. The molecule has 4 aromatic carbocycles. The second-order valence-corrected chi connectivity index (χ2v) is 14.9. The SMILES string of the molecule is CS(=O)(=O)O.O=C1c2cccc3c2c(cc2cc([N+](=O)[O-])cnc23)C(=O)N1CCCCNCCCN1C(=O)c2cccc3c2c(cc2cc([N+](=O)[O-])cnc23)C1=O. The lowest BCUT2D eigenvalue weighted by Crippen LogP contribution is -2.41. The molecule has 6 aromatic rings. The molecule has 0 spiro atoms. The van der Waals surface area contributed by atoms with E-state index in [0.717, 1.165) is 12.4 Å². The van der Waals surface area contributed by atoms with E-state index in [9.17, 15) is 47.8 Å². The fourth-order valence-electron chi connectivity index (χ4n) is 7.22. The van der Waals surface area contributed by atoms with E-state index in [1.54, 1.807) is 48.5 Å². The molecule has 19 heteroatoms. The van der Waals surface area contributed by atoms with Crippen molar-refractivity contribution >= 4 is 88.5 Å². The Morgan fingerprint density at radius 3 is 1.49 bits per heavy atom. The van der Waals surface area contributed by atoms with Crippen LogP contribution in [0.1, 0.15) is 60.7 Å². The van der Waals surface area contributed by atoms with Gasteiger partial charge in [-0.25, -0.2) is 9.97 Å². The van der Waals surface area contributed by atoms with Gasteiger partial charge in [0.25, 0.3) is 45.1 Å². The highest BCUT2D eigenvalue weighted by atomic mass is 32.2. The van der Waals surface area contributed by atoms with E-state index >= 15 is 0 Å². The lowest BCUT2D eigenvalue weighted by atomic mass is 9.91. The van der Waals surface area contributed by atoms with E-state index in [-0.39, 0.29) is 24.5 Å². The van der Waals surface area contributed by atoms with E-state index in [1.165, 1.54) is 21.9 Å². The molecule has 2 aliphatic rings. The second kappa shape index (κ2) is 15.0. The van der Waals surface area contributed by atoms with Crippen molar-refractivity contribution in [3.8, 4) is 0 Å². The molecule has 8 rings (SSSR count). The van der Waals surface area contributed by atoms with Gasteiger partial charge in [0.05, 0.1) is 27.1 Å². The maximum atomic E-state index is 13.6. The number of carbonyl (C=O) groups is 4. The number of hydrogen-bond donors (Lipinski definition) is 2. The number of nitrogens with zero attached hydrogens (tertiary/aromatic N) is 6. The van der Waals surface area contributed by atoms with Crippen LogP contribution in [-0.4, -0.2) is 98.6 Å². The summed E-state index contributed by atoms with van der Waals surface area (Å²) in [6, 6.07) is 16.1. The summed E-state index contributed by atoms with van der Waals surface area (Å²) in [7, 11) is -3.67. The lowest BCUT2D eigenvalue weighted by molar-refractivity contribution is -0.385. The minimum atomic E-state index is -3.67. The summed E-state index contributed by atoms with van der Waals surface area (Å²) in [6.45, 7) is 1.38. The molecule has 2 aromatic heterocycles. The highest BCUT2D eigenvalue weighted by Crippen LogP contribution is 2.37. The van der Waals surface area contributed by atoms with Crippen molar-refractivity contribution < 1.29 is 42.0 Å². The molecule has 290 valence electrons. The predicted octanol–water partition coefficient (Wildman–Crippen LogP) is 5.06. The van der Waals surface area contributed by atoms with Crippen LogP contribution in [0.15, 0.2) is 73.1 Å². The monoisotopic (exact) mass is 793 g/mol. The van der Waals surface area contributed by atoms with Gasteiger partial charge in [-0.1, -0.05) is 24.3 Å². The molecule has 57 heavy (non-hydrogen) atoms. The third-order valence-corrected chi connectivity index (χ3v) is 9.63. The second-order valence-electron chi connectivity index (χ2n) is 13.4. The third kappa shape index (κ3) is 7.33. The van der Waals surface area contributed by atoms with E-state index in [0.29, 0.717) is 104 Å². The molecule has 4 heterocycles. The van der Waals surface area contributed by atoms with Crippen molar-refractivity contribution in [2.24, 2.45) is 0 Å². The number of unbranched alkanes of at least 4 members (excludes halogenated alkanes) is 1. The van der Waals surface area contributed by atoms with Crippen LogP contribution < -0.4 is 5.32 Å². The Labute approximate surface area is 322 Å². The van der Waals surface area contributed by atoms with Crippen molar-refractivity contribution in [1.82, 2.24) is 25.1 Å². The summed E-state index contributed by atoms with van der Waals surface area (Å²) in [6.07, 6.45) is 4.65. The van der Waals surface area contributed by atoms with Gasteiger partial charge in [0, 0.05) is 79.8 Å². The highest BCUT2D eigenvalue weighted by molar-refractivity contribution is 7.85. The zero-order valence-corrected chi connectivity index (χ0v) is 30.8. The van der Waals surface area contributed by atoms with Gasteiger partial charge in [0.15, 0.2) is 0 Å². The Morgan fingerprint density at radius 1 is 0.649 bits per heavy atom. The number of carbonyl (C=O) groups excluding carboxylic acids is 4. The summed E-state index contributed by atoms with van der Waals surface area (Å²) in [5.74, 6) is -1.77. The number of hydrogen-bond acceptors (Lipinski definition) is 13. The lowest BCUT2D eigenvalue weighted by Gasteiger charge is -2.28. The van der Waals surface area contributed by atoms with Gasteiger partial charge in [-0.3, -0.25) is 53.8 Å². The molecule has 0 atom stereocenters.